The molecule has 0 saturated carbocycles. The number of amides is 1. The van der Waals surface area contributed by atoms with Gasteiger partial charge in [-0.15, -0.1) is 0 Å². The van der Waals surface area contributed by atoms with Gasteiger partial charge in [-0.05, 0) is 19.3 Å². The molecule has 1 heterocycles. The smallest absolute Gasteiger partial charge is 0.249 e. The van der Waals surface area contributed by atoms with Crippen LogP contribution in [0.2, 0.25) is 0 Å². The largest absolute Gasteiger partial charge is 0.368 e. The second-order valence-corrected chi connectivity index (χ2v) is 6.29. The molecule has 0 radical (unpaired) electrons. The highest BCUT2D eigenvalue weighted by Gasteiger charge is 2.22. The SMILES string of the molecule is CCCCS(=O)(=O)NCCNC(=O)C1CCCO1. The monoisotopic (exact) mass is 278 g/mol. The van der Waals surface area contributed by atoms with Crippen LogP contribution in [0.15, 0.2) is 0 Å². The van der Waals surface area contributed by atoms with Gasteiger partial charge >= 0.3 is 0 Å². The molecule has 0 spiro atoms. The molecule has 1 saturated heterocycles. The molecule has 1 rings (SSSR count). The molecule has 106 valence electrons. The van der Waals surface area contributed by atoms with Gasteiger partial charge in [0.2, 0.25) is 15.9 Å². The van der Waals surface area contributed by atoms with E-state index in [1.165, 1.54) is 0 Å². The topological polar surface area (TPSA) is 84.5 Å². The number of hydrogen-bond acceptors (Lipinski definition) is 4. The van der Waals surface area contributed by atoms with Crippen LogP contribution in [0.1, 0.15) is 32.6 Å². The molecule has 0 aliphatic carbocycles. The van der Waals surface area contributed by atoms with Crippen molar-refractivity contribution < 1.29 is 17.9 Å². The fourth-order valence-corrected chi connectivity index (χ4v) is 2.92. The van der Waals surface area contributed by atoms with E-state index in [1.807, 2.05) is 6.92 Å². The molecule has 6 nitrogen and oxygen atoms in total. The highest BCUT2D eigenvalue weighted by Crippen LogP contribution is 2.11. The lowest BCUT2D eigenvalue weighted by molar-refractivity contribution is -0.129. The van der Waals surface area contributed by atoms with Gasteiger partial charge in [-0.1, -0.05) is 13.3 Å². The molecule has 0 bridgehead atoms. The van der Waals surface area contributed by atoms with Crippen molar-refractivity contribution in [3.05, 3.63) is 0 Å². The van der Waals surface area contributed by atoms with Crippen molar-refractivity contribution in [3.63, 3.8) is 0 Å². The number of ether oxygens (including phenoxy) is 1. The van der Waals surface area contributed by atoms with E-state index in [1.54, 1.807) is 0 Å². The van der Waals surface area contributed by atoms with Gasteiger partial charge in [0.15, 0.2) is 0 Å². The summed E-state index contributed by atoms with van der Waals surface area (Å²) in [4.78, 5) is 11.5. The lowest BCUT2D eigenvalue weighted by Crippen LogP contribution is -2.39. The first kappa shape index (κ1) is 15.4. The van der Waals surface area contributed by atoms with Gasteiger partial charge in [0, 0.05) is 19.7 Å². The average Bonchev–Trinajstić information content (AvgIpc) is 2.86. The Bertz CT molecular complexity index is 350. The molecule has 7 heteroatoms. The van der Waals surface area contributed by atoms with E-state index in [-0.39, 0.29) is 24.3 Å². The third-order valence-corrected chi connectivity index (χ3v) is 4.21. The Labute approximate surface area is 109 Å². The quantitative estimate of drug-likeness (QED) is 0.612. The molecule has 1 unspecified atom stereocenters. The van der Waals surface area contributed by atoms with E-state index in [4.69, 9.17) is 4.74 Å². The first-order valence-electron chi connectivity index (χ1n) is 6.42. The lowest BCUT2D eigenvalue weighted by atomic mass is 10.2. The van der Waals surface area contributed by atoms with Gasteiger partial charge in [-0.3, -0.25) is 4.79 Å². The number of nitrogens with one attached hydrogen (secondary N) is 2. The molecule has 1 amide bonds. The van der Waals surface area contributed by atoms with Crippen molar-refractivity contribution in [2.24, 2.45) is 0 Å². The molecule has 1 aliphatic heterocycles. The number of hydrogen-bond donors (Lipinski definition) is 2. The first-order chi connectivity index (χ1) is 8.55. The number of carbonyl (C=O) groups is 1. The molecule has 0 aromatic heterocycles. The summed E-state index contributed by atoms with van der Waals surface area (Å²) in [6.45, 7) is 3.09. The fourth-order valence-electron chi connectivity index (χ4n) is 1.70. The van der Waals surface area contributed by atoms with Crippen molar-refractivity contribution in [1.29, 1.82) is 0 Å². The molecule has 0 aromatic rings. The minimum atomic E-state index is -3.19. The van der Waals surface area contributed by atoms with Crippen LogP contribution in [0, 0.1) is 0 Å². The van der Waals surface area contributed by atoms with Crippen molar-refractivity contribution in [1.82, 2.24) is 10.0 Å². The summed E-state index contributed by atoms with van der Waals surface area (Å²) < 4.78 is 30.6. The van der Waals surface area contributed by atoms with Gasteiger partial charge < -0.3 is 10.1 Å². The first-order valence-corrected chi connectivity index (χ1v) is 8.07. The highest BCUT2D eigenvalue weighted by molar-refractivity contribution is 7.89. The molecule has 0 aromatic carbocycles. The van der Waals surface area contributed by atoms with Gasteiger partial charge in [0.25, 0.3) is 0 Å². The van der Waals surface area contributed by atoms with E-state index in [9.17, 15) is 13.2 Å². The molecule has 1 aliphatic rings. The Morgan fingerprint density at radius 3 is 2.78 bits per heavy atom. The van der Waals surface area contributed by atoms with Crippen molar-refractivity contribution in [2.75, 3.05) is 25.4 Å². The van der Waals surface area contributed by atoms with Crippen LogP contribution in [-0.2, 0) is 19.6 Å². The van der Waals surface area contributed by atoms with E-state index >= 15 is 0 Å². The Kier molecular flexibility index (Phi) is 6.59. The molecular weight excluding hydrogens is 256 g/mol. The number of unbranched alkanes of at least 4 members (excludes halogenated alkanes) is 1. The normalized spacial score (nSPS) is 19.9. The van der Waals surface area contributed by atoms with Crippen LogP contribution in [0.4, 0.5) is 0 Å². The van der Waals surface area contributed by atoms with Crippen LogP contribution >= 0.6 is 0 Å². The second-order valence-electron chi connectivity index (χ2n) is 4.36. The van der Waals surface area contributed by atoms with E-state index in [0.29, 0.717) is 19.6 Å². The predicted octanol–water partition coefficient (Wildman–Crippen LogP) is 0.00110. The second kappa shape index (κ2) is 7.70. The zero-order valence-corrected chi connectivity index (χ0v) is 11.6. The molecule has 1 atom stereocenters. The van der Waals surface area contributed by atoms with Crippen LogP contribution in [0.5, 0.6) is 0 Å². The predicted molar refractivity (Wildman–Crippen MR) is 68.7 cm³/mol. The fraction of sp³-hybridized carbons (Fsp3) is 0.909. The molecular formula is C11H22N2O4S. The number of rotatable bonds is 8. The maximum absolute atomic E-state index is 11.5. The standard InChI is InChI=1S/C11H22N2O4S/c1-2-3-9-18(15,16)13-7-6-12-11(14)10-5-4-8-17-10/h10,13H,2-9H2,1H3,(H,12,14). The average molecular weight is 278 g/mol. The third-order valence-electron chi connectivity index (χ3n) is 2.73. The van der Waals surface area contributed by atoms with E-state index in [0.717, 1.165) is 19.3 Å². The number of sulfonamides is 1. The summed E-state index contributed by atoms with van der Waals surface area (Å²) in [6.07, 6.45) is 2.78. The summed E-state index contributed by atoms with van der Waals surface area (Å²) in [7, 11) is -3.19. The Balaban J connectivity index is 2.12. The van der Waals surface area contributed by atoms with Crippen LogP contribution in [0.25, 0.3) is 0 Å². The van der Waals surface area contributed by atoms with Crippen molar-refractivity contribution in [2.45, 2.75) is 38.7 Å². The Hall–Kier alpha value is -0.660. The lowest BCUT2D eigenvalue weighted by Gasteiger charge is -2.11. The zero-order valence-electron chi connectivity index (χ0n) is 10.8. The van der Waals surface area contributed by atoms with Gasteiger partial charge in [-0.2, -0.15) is 0 Å². The Morgan fingerprint density at radius 1 is 1.39 bits per heavy atom. The summed E-state index contributed by atoms with van der Waals surface area (Å²) >= 11 is 0. The van der Waals surface area contributed by atoms with Crippen molar-refractivity contribution in [3.8, 4) is 0 Å². The molecule has 1 fully saturated rings. The van der Waals surface area contributed by atoms with Crippen LogP contribution < -0.4 is 10.0 Å². The minimum Gasteiger partial charge on any atom is -0.368 e. The maximum atomic E-state index is 11.5. The van der Waals surface area contributed by atoms with Crippen LogP contribution in [0.3, 0.4) is 0 Å². The third kappa shape index (κ3) is 5.79. The van der Waals surface area contributed by atoms with E-state index < -0.39 is 10.0 Å². The van der Waals surface area contributed by atoms with Crippen LogP contribution in [-0.4, -0.2) is 45.9 Å². The van der Waals surface area contributed by atoms with Gasteiger partial charge in [0.1, 0.15) is 6.10 Å². The minimum absolute atomic E-state index is 0.142. The molecule has 2 N–H and O–H groups in total. The number of carbonyl (C=O) groups excluding carboxylic acids is 1. The van der Waals surface area contributed by atoms with Crippen molar-refractivity contribution >= 4 is 15.9 Å². The summed E-state index contributed by atoms with van der Waals surface area (Å²) in [5.74, 6) is -0.0105. The maximum Gasteiger partial charge on any atom is 0.249 e. The van der Waals surface area contributed by atoms with Gasteiger partial charge in [0.05, 0.1) is 5.75 Å². The zero-order chi connectivity index (χ0) is 13.4. The Morgan fingerprint density at radius 2 is 2.17 bits per heavy atom. The van der Waals surface area contributed by atoms with Gasteiger partial charge in [-0.25, -0.2) is 13.1 Å². The summed E-state index contributed by atoms with van der Waals surface area (Å²) in [5.41, 5.74) is 0. The highest BCUT2D eigenvalue weighted by atomic mass is 32.2. The molecule has 18 heavy (non-hydrogen) atoms. The van der Waals surface area contributed by atoms with E-state index in [2.05, 4.69) is 10.0 Å². The summed E-state index contributed by atoms with van der Waals surface area (Å²) in [5, 5.41) is 2.66. The summed E-state index contributed by atoms with van der Waals surface area (Å²) in [6, 6.07) is 0.